The van der Waals surface area contributed by atoms with Crippen molar-refractivity contribution in [2.75, 3.05) is 12.4 Å². The van der Waals surface area contributed by atoms with E-state index in [0.717, 1.165) is 22.2 Å². The van der Waals surface area contributed by atoms with Gasteiger partial charge < -0.3 is 14.5 Å². The Labute approximate surface area is 149 Å². The predicted molar refractivity (Wildman–Crippen MR) is 98.2 cm³/mol. The lowest BCUT2D eigenvalue weighted by Gasteiger charge is -2.07. The Kier molecular flexibility index (Phi) is 4.07. The highest BCUT2D eigenvalue weighted by Crippen LogP contribution is 2.22. The van der Waals surface area contributed by atoms with Gasteiger partial charge in [-0.25, -0.2) is 9.97 Å². The molecule has 0 saturated carbocycles. The molecule has 2 aromatic heterocycles. The summed E-state index contributed by atoms with van der Waals surface area (Å²) < 4.78 is 10.4. The van der Waals surface area contributed by atoms with Gasteiger partial charge in [-0.15, -0.1) is 0 Å². The van der Waals surface area contributed by atoms with Crippen LogP contribution in [0, 0.1) is 0 Å². The molecule has 2 aromatic carbocycles. The van der Waals surface area contributed by atoms with Gasteiger partial charge in [0.2, 0.25) is 0 Å². The largest absolute Gasteiger partial charge is 0.497 e. The molecule has 0 aliphatic rings. The number of pyridine rings is 1. The predicted octanol–water partition coefficient (Wildman–Crippen LogP) is 4.15. The summed E-state index contributed by atoms with van der Waals surface area (Å²) in [4.78, 5) is 20.8. The number of hydrogen-bond acceptors (Lipinski definition) is 5. The molecule has 1 N–H and O–H groups in total. The molecular weight excluding hydrogens is 330 g/mol. The Bertz CT molecular complexity index is 1060. The van der Waals surface area contributed by atoms with Crippen LogP contribution in [0.15, 0.2) is 71.6 Å². The van der Waals surface area contributed by atoms with Crippen LogP contribution in [0.1, 0.15) is 10.5 Å². The first-order valence-electron chi connectivity index (χ1n) is 7.98. The molecule has 0 aliphatic carbocycles. The van der Waals surface area contributed by atoms with Gasteiger partial charge in [-0.3, -0.25) is 4.79 Å². The topological polar surface area (TPSA) is 77.2 Å². The number of rotatable bonds is 4. The third-order valence-corrected chi connectivity index (χ3v) is 3.99. The monoisotopic (exact) mass is 345 g/mol. The molecule has 0 aliphatic heterocycles. The molecule has 4 aromatic rings. The van der Waals surface area contributed by atoms with Gasteiger partial charge in [-0.1, -0.05) is 6.07 Å². The Morgan fingerprint density at radius 1 is 1.08 bits per heavy atom. The van der Waals surface area contributed by atoms with E-state index in [9.17, 15) is 4.79 Å². The summed E-state index contributed by atoms with van der Waals surface area (Å²) in [6, 6.07) is 16.4. The van der Waals surface area contributed by atoms with Crippen molar-refractivity contribution < 1.29 is 13.9 Å². The van der Waals surface area contributed by atoms with Crippen molar-refractivity contribution in [2.45, 2.75) is 0 Å². The molecule has 0 atom stereocenters. The third kappa shape index (κ3) is 3.12. The second-order valence-corrected chi connectivity index (χ2v) is 5.65. The molecule has 0 bridgehead atoms. The molecule has 2 heterocycles. The maximum absolute atomic E-state index is 12.5. The lowest BCUT2D eigenvalue weighted by atomic mass is 10.1. The molecule has 0 spiro atoms. The van der Waals surface area contributed by atoms with Crippen molar-refractivity contribution in [3.8, 4) is 17.1 Å². The molecular formula is C20H15N3O3. The molecule has 0 saturated heterocycles. The van der Waals surface area contributed by atoms with Crippen LogP contribution in [0.4, 0.5) is 5.69 Å². The highest BCUT2D eigenvalue weighted by atomic mass is 16.5. The first-order chi connectivity index (χ1) is 12.7. The van der Waals surface area contributed by atoms with Gasteiger partial charge in [0.1, 0.15) is 11.4 Å². The number of hydrogen-bond donors (Lipinski definition) is 1. The molecule has 26 heavy (non-hydrogen) atoms. The van der Waals surface area contributed by atoms with Crippen molar-refractivity contribution in [2.24, 2.45) is 0 Å². The smallest absolute Gasteiger partial charge is 0.274 e. The summed E-state index contributed by atoms with van der Waals surface area (Å²) in [5.74, 6) is 1.16. The van der Waals surface area contributed by atoms with E-state index in [1.54, 1.807) is 19.4 Å². The standard InChI is InChI=1S/C20H15N3O3/c1-25-16-7-9-17-14(10-16)4-8-18(23-17)20(24)22-15-5-2-13(3-6-15)19-11-21-12-26-19/h2-12H,1H3,(H,22,24). The minimum atomic E-state index is -0.268. The van der Waals surface area contributed by atoms with Crippen molar-refractivity contribution in [3.05, 3.63) is 72.9 Å². The highest BCUT2D eigenvalue weighted by molar-refractivity contribution is 6.04. The highest BCUT2D eigenvalue weighted by Gasteiger charge is 2.10. The van der Waals surface area contributed by atoms with Gasteiger partial charge in [0.15, 0.2) is 12.2 Å². The van der Waals surface area contributed by atoms with E-state index in [2.05, 4.69) is 15.3 Å². The van der Waals surface area contributed by atoms with E-state index in [1.807, 2.05) is 48.5 Å². The number of amides is 1. The average molecular weight is 345 g/mol. The zero-order valence-electron chi connectivity index (χ0n) is 14.0. The number of carbonyl (C=O) groups excluding carboxylic acids is 1. The fraction of sp³-hybridized carbons (Fsp3) is 0.0500. The molecule has 1 amide bonds. The van der Waals surface area contributed by atoms with Gasteiger partial charge in [0.05, 0.1) is 18.8 Å². The number of oxazole rings is 1. The second kappa shape index (κ2) is 6.68. The second-order valence-electron chi connectivity index (χ2n) is 5.65. The lowest BCUT2D eigenvalue weighted by molar-refractivity contribution is 0.102. The van der Waals surface area contributed by atoms with Crippen LogP contribution in [-0.4, -0.2) is 23.0 Å². The Balaban J connectivity index is 1.53. The SMILES string of the molecule is COc1ccc2nc(C(=O)Nc3ccc(-c4cnco4)cc3)ccc2c1. The summed E-state index contributed by atoms with van der Waals surface area (Å²) in [6.07, 6.45) is 3.02. The van der Waals surface area contributed by atoms with Gasteiger partial charge in [0.25, 0.3) is 5.91 Å². The van der Waals surface area contributed by atoms with Gasteiger partial charge >= 0.3 is 0 Å². The number of benzene rings is 2. The molecule has 0 unspecified atom stereocenters. The minimum absolute atomic E-state index is 0.268. The maximum Gasteiger partial charge on any atom is 0.274 e. The summed E-state index contributed by atoms with van der Waals surface area (Å²) in [6.45, 7) is 0. The van der Waals surface area contributed by atoms with E-state index in [1.165, 1.54) is 6.39 Å². The molecule has 128 valence electrons. The number of methoxy groups -OCH3 is 1. The number of anilines is 1. The van der Waals surface area contributed by atoms with Crippen LogP contribution in [0.25, 0.3) is 22.2 Å². The quantitative estimate of drug-likeness (QED) is 0.601. The zero-order chi connectivity index (χ0) is 17.9. The molecule has 6 heteroatoms. The van der Waals surface area contributed by atoms with E-state index in [0.29, 0.717) is 17.1 Å². The van der Waals surface area contributed by atoms with Crippen LogP contribution in [0.2, 0.25) is 0 Å². The number of aromatic nitrogens is 2. The summed E-state index contributed by atoms with van der Waals surface area (Å²) in [7, 11) is 1.62. The number of nitrogens with one attached hydrogen (secondary N) is 1. The molecule has 0 radical (unpaired) electrons. The van der Waals surface area contributed by atoms with E-state index in [4.69, 9.17) is 9.15 Å². The van der Waals surface area contributed by atoms with Gasteiger partial charge in [0, 0.05) is 16.6 Å². The van der Waals surface area contributed by atoms with Crippen LogP contribution >= 0.6 is 0 Å². The average Bonchev–Trinajstić information content (AvgIpc) is 3.22. The van der Waals surface area contributed by atoms with E-state index < -0.39 is 0 Å². The van der Waals surface area contributed by atoms with Crippen LogP contribution in [0.3, 0.4) is 0 Å². The Hall–Kier alpha value is -3.67. The fourth-order valence-corrected chi connectivity index (χ4v) is 2.63. The lowest BCUT2D eigenvalue weighted by Crippen LogP contribution is -2.13. The molecule has 6 nitrogen and oxygen atoms in total. The van der Waals surface area contributed by atoms with Crippen LogP contribution in [-0.2, 0) is 0 Å². The Morgan fingerprint density at radius 2 is 1.92 bits per heavy atom. The molecule has 4 rings (SSSR count). The first-order valence-corrected chi connectivity index (χ1v) is 7.98. The van der Waals surface area contributed by atoms with Gasteiger partial charge in [-0.2, -0.15) is 0 Å². The molecule has 0 fully saturated rings. The van der Waals surface area contributed by atoms with Crippen molar-refractivity contribution >= 4 is 22.5 Å². The minimum Gasteiger partial charge on any atom is -0.497 e. The first kappa shape index (κ1) is 15.8. The van der Waals surface area contributed by atoms with Crippen molar-refractivity contribution in [1.82, 2.24) is 9.97 Å². The number of nitrogens with zero attached hydrogens (tertiary/aromatic N) is 2. The van der Waals surface area contributed by atoms with Crippen molar-refractivity contribution in [3.63, 3.8) is 0 Å². The number of fused-ring (bicyclic) bond motifs is 1. The summed E-state index contributed by atoms with van der Waals surface area (Å²) in [5, 5.41) is 3.76. The maximum atomic E-state index is 12.5. The van der Waals surface area contributed by atoms with E-state index >= 15 is 0 Å². The number of ether oxygens (including phenoxy) is 1. The summed E-state index contributed by atoms with van der Waals surface area (Å²) in [5.41, 5.74) is 2.65. The van der Waals surface area contributed by atoms with Crippen LogP contribution < -0.4 is 10.1 Å². The third-order valence-electron chi connectivity index (χ3n) is 3.99. The van der Waals surface area contributed by atoms with Crippen molar-refractivity contribution in [1.29, 1.82) is 0 Å². The Morgan fingerprint density at radius 3 is 2.65 bits per heavy atom. The van der Waals surface area contributed by atoms with E-state index in [-0.39, 0.29) is 5.91 Å². The number of carbonyl (C=O) groups is 1. The summed E-state index contributed by atoms with van der Waals surface area (Å²) >= 11 is 0. The fourth-order valence-electron chi connectivity index (χ4n) is 2.63. The van der Waals surface area contributed by atoms with Crippen LogP contribution in [0.5, 0.6) is 5.75 Å². The normalized spacial score (nSPS) is 10.7. The van der Waals surface area contributed by atoms with Gasteiger partial charge in [-0.05, 0) is 48.5 Å². The zero-order valence-corrected chi connectivity index (χ0v) is 14.0.